The maximum absolute atomic E-state index is 11.6. The molecule has 2 rings (SSSR count). The minimum absolute atomic E-state index is 0.393. The van der Waals surface area contributed by atoms with Crippen LogP contribution in [0.4, 0.5) is 0 Å². The maximum atomic E-state index is 11.6. The van der Waals surface area contributed by atoms with Crippen LogP contribution in [-0.4, -0.2) is 30.3 Å². The molecule has 104 valence electrons. The largest absolute Gasteiger partial charge is 0.302 e. The molecule has 0 aliphatic carbocycles. The Morgan fingerprint density at radius 2 is 2.00 bits per heavy atom. The predicted octanol–water partition coefficient (Wildman–Crippen LogP) is 3.26. The van der Waals surface area contributed by atoms with Crippen molar-refractivity contribution in [3.05, 3.63) is 35.9 Å². The molecular weight excluding hydrogens is 234 g/mol. The van der Waals surface area contributed by atoms with Crippen molar-refractivity contribution in [2.75, 3.05) is 13.1 Å². The van der Waals surface area contributed by atoms with E-state index in [2.05, 4.69) is 37.8 Å². The third-order valence-corrected chi connectivity index (χ3v) is 4.50. The van der Waals surface area contributed by atoms with Crippen LogP contribution in [0.2, 0.25) is 0 Å². The van der Waals surface area contributed by atoms with Crippen LogP contribution >= 0.6 is 0 Å². The zero-order valence-electron chi connectivity index (χ0n) is 12.3. The summed E-state index contributed by atoms with van der Waals surface area (Å²) >= 11 is 0. The van der Waals surface area contributed by atoms with Gasteiger partial charge in [-0.3, -0.25) is 4.90 Å². The SMILES string of the molecule is CC1CCN(CC(C)(C=O)c2ccccc2)C(C)C1. The summed E-state index contributed by atoms with van der Waals surface area (Å²) in [5.74, 6) is 0.811. The van der Waals surface area contributed by atoms with Crippen LogP contribution in [0.1, 0.15) is 39.2 Å². The number of carbonyl (C=O) groups is 1. The van der Waals surface area contributed by atoms with E-state index in [9.17, 15) is 4.79 Å². The van der Waals surface area contributed by atoms with Crippen LogP contribution < -0.4 is 0 Å². The molecule has 1 aromatic rings. The molecule has 2 nitrogen and oxygen atoms in total. The summed E-state index contributed by atoms with van der Waals surface area (Å²) < 4.78 is 0. The predicted molar refractivity (Wildman–Crippen MR) is 79.3 cm³/mol. The summed E-state index contributed by atoms with van der Waals surface area (Å²) in [6.45, 7) is 8.60. The summed E-state index contributed by atoms with van der Waals surface area (Å²) in [5, 5.41) is 0. The van der Waals surface area contributed by atoms with Crippen molar-refractivity contribution in [3.63, 3.8) is 0 Å². The van der Waals surface area contributed by atoms with Crippen molar-refractivity contribution in [2.45, 2.75) is 45.1 Å². The molecule has 0 spiro atoms. The normalized spacial score (nSPS) is 27.7. The van der Waals surface area contributed by atoms with E-state index in [4.69, 9.17) is 0 Å². The lowest BCUT2D eigenvalue weighted by atomic mass is 9.82. The average Bonchev–Trinajstić information content (AvgIpc) is 2.43. The highest BCUT2D eigenvalue weighted by Crippen LogP contribution is 2.28. The monoisotopic (exact) mass is 259 g/mol. The molecule has 0 amide bonds. The molecule has 1 aromatic carbocycles. The second kappa shape index (κ2) is 5.87. The van der Waals surface area contributed by atoms with Crippen molar-refractivity contribution in [3.8, 4) is 0 Å². The van der Waals surface area contributed by atoms with Crippen LogP contribution in [-0.2, 0) is 10.2 Å². The van der Waals surface area contributed by atoms with Gasteiger partial charge >= 0.3 is 0 Å². The second-order valence-corrected chi connectivity index (χ2v) is 6.35. The van der Waals surface area contributed by atoms with Gasteiger partial charge in [0.2, 0.25) is 0 Å². The zero-order chi connectivity index (χ0) is 13.9. The van der Waals surface area contributed by atoms with E-state index in [1.165, 1.54) is 12.8 Å². The van der Waals surface area contributed by atoms with E-state index in [0.29, 0.717) is 6.04 Å². The highest BCUT2D eigenvalue weighted by molar-refractivity contribution is 5.68. The molecule has 1 fully saturated rings. The molecule has 0 radical (unpaired) electrons. The number of piperidine rings is 1. The Morgan fingerprint density at radius 1 is 1.32 bits per heavy atom. The molecule has 1 saturated heterocycles. The lowest BCUT2D eigenvalue weighted by molar-refractivity contribution is -0.113. The van der Waals surface area contributed by atoms with Crippen LogP contribution in [0.5, 0.6) is 0 Å². The number of hydrogen-bond donors (Lipinski definition) is 0. The van der Waals surface area contributed by atoms with E-state index in [1.807, 2.05) is 18.2 Å². The number of carbonyl (C=O) groups excluding carboxylic acids is 1. The van der Waals surface area contributed by atoms with E-state index in [-0.39, 0.29) is 0 Å². The van der Waals surface area contributed by atoms with Gasteiger partial charge in [-0.15, -0.1) is 0 Å². The minimum atomic E-state index is -0.393. The average molecular weight is 259 g/mol. The van der Waals surface area contributed by atoms with Gasteiger partial charge in [0.25, 0.3) is 0 Å². The Bertz CT molecular complexity index is 417. The summed E-state index contributed by atoms with van der Waals surface area (Å²) in [6.07, 6.45) is 3.60. The number of hydrogen-bond acceptors (Lipinski definition) is 2. The maximum Gasteiger partial charge on any atom is 0.131 e. The zero-order valence-corrected chi connectivity index (χ0v) is 12.3. The Balaban J connectivity index is 2.13. The van der Waals surface area contributed by atoms with Crippen LogP contribution in [0.15, 0.2) is 30.3 Å². The molecule has 3 atom stereocenters. The topological polar surface area (TPSA) is 20.3 Å². The minimum Gasteiger partial charge on any atom is -0.302 e. The molecule has 0 bridgehead atoms. The first kappa shape index (κ1) is 14.3. The molecule has 0 saturated carbocycles. The molecule has 1 aliphatic rings. The number of nitrogens with zero attached hydrogens (tertiary/aromatic N) is 1. The molecule has 1 heterocycles. The molecule has 3 unspecified atom stereocenters. The van der Waals surface area contributed by atoms with Gasteiger partial charge in [-0.2, -0.15) is 0 Å². The Morgan fingerprint density at radius 3 is 2.58 bits per heavy atom. The number of rotatable bonds is 4. The fraction of sp³-hybridized carbons (Fsp3) is 0.588. The van der Waals surface area contributed by atoms with Crippen LogP contribution in [0, 0.1) is 5.92 Å². The fourth-order valence-electron chi connectivity index (χ4n) is 3.13. The van der Waals surface area contributed by atoms with Crippen molar-refractivity contribution < 1.29 is 4.79 Å². The van der Waals surface area contributed by atoms with Crippen molar-refractivity contribution >= 4 is 6.29 Å². The van der Waals surface area contributed by atoms with E-state index < -0.39 is 5.41 Å². The van der Waals surface area contributed by atoms with E-state index in [0.717, 1.165) is 30.9 Å². The first-order valence-corrected chi connectivity index (χ1v) is 7.31. The van der Waals surface area contributed by atoms with Crippen molar-refractivity contribution in [1.29, 1.82) is 0 Å². The van der Waals surface area contributed by atoms with Gasteiger partial charge < -0.3 is 4.79 Å². The molecule has 2 heteroatoms. The van der Waals surface area contributed by atoms with E-state index >= 15 is 0 Å². The molecule has 0 aromatic heterocycles. The first-order chi connectivity index (χ1) is 9.05. The van der Waals surface area contributed by atoms with Crippen LogP contribution in [0.3, 0.4) is 0 Å². The third kappa shape index (κ3) is 3.24. The summed E-state index contributed by atoms with van der Waals surface area (Å²) in [5.41, 5.74) is 0.728. The smallest absolute Gasteiger partial charge is 0.131 e. The third-order valence-electron chi connectivity index (χ3n) is 4.50. The van der Waals surface area contributed by atoms with Gasteiger partial charge in [0.1, 0.15) is 6.29 Å². The lowest BCUT2D eigenvalue weighted by Gasteiger charge is -2.40. The molecule has 1 aliphatic heterocycles. The van der Waals surface area contributed by atoms with E-state index in [1.54, 1.807) is 0 Å². The Kier molecular flexibility index (Phi) is 4.41. The summed E-state index contributed by atoms with van der Waals surface area (Å²) in [6, 6.07) is 10.7. The highest BCUT2D eigenvalue weighted by Gasteiger charge is 2.32. The first-order valence-electron chi connectivity index (χ1n) is 7.31. The van der Waals surface area contributed by atoms with Gasteiger partial charge in [0.05, 0.1) is 5.41 Å². The lowest BCUT2D eigenvalue weighted by Crippen LogP contribution is -2.47. The van der Waals surface area contributed by atoms with Crippen molar-refractivity contribution in [1.82, 2.24) is 4.90 Å². The van der Waals surface area contributed by atoms with Gasteiger partial charge in [0, 0.05) is 12.6 Å². The number of benzene rings is 1. The molecular formula is C17H25NO. The van der Waals surface area contributed by atoms with Gasteiger partial charge in [-0.05, 0) is 44.7 Å². The molecule has 19 heavy (non-hydrogen) atoms. The second-order valence-electron chi connectivity index (χ2n) is 6.35. The highest BCUT2D eigenvalue weighted by atomic mass is 16.1. The Hall–Kier alpha value is -1.15. The van der Waals surface area contributed by atoms with Gasteiger partial charge in [-0.25, -0.2) is 0 Å². The van der Waals surface area contributed by atoms with Gasteiger partial charge in [0.15, 0.2) is 0 Å². The molecule has 0 N–H and O–H groups in total. The summed E-state index contributed by atoms with van der Waals surface area (Å²) in [4.78, 5) is 14.1. The number of aldehydes is 1. The summed E-state index contributed by atoms with van der Waals surface area (Å²) in [7, 11) is 0. The van der Waals surface area contributed by atoms with Crippen molar-refractivity contribution in [2.24, 2.45) is 5.92 Å². The Labute approximate surface area is 116 Å². The standard InChI is InChI=1S/C17H25NO/c1-14-9-10-18(15(2)11-14)12-17(3,13-19)16-7-5-4-6-8-16/h4-8,13-15H,9-12H2,1-3H3. The quantitative estimate of drug-likeness (QED) is 0.774. The van der Waals surface area contributed by atoms with Crippen LogP contribution in [0.25, 0.3) is 0 Å². The fourth-order valence-corrected chi connectivity index (χ4v) is 3.13. The van der Waals surface area contributed by atoms with Gasteiger partial charge in [-0.1, -0.05) is 37.3 Å². The number of likely N-dealkylation sites (tertiary alicyclic amines) is 1.